The van der Waals surface area contributed by atoms with Crippen LogP contribution in [-0.2, 0) is 0 Å². The SMILES string of the molecule is CC(C)=CC(NN)c1csc(I)c1. The molecule has 1 aromatic heterocycles. The Morgan fingerprint density at radius 2 is 2.38 bits per heavy atom. The molecule has 0 amide bonds. The Morgan fingerprint density at radius 3 is 2.77 bits per heavy atom. The summed E-state index contributed by atoms with van der Waals surface area (Å²) in [6.45, 7) is 4.14. The molecular formula is C9H13IN2S. The van der Waals surface area contributed by atoms with Crippen molar-refractivity contribution >= 4 is 33.9 Å². The third-order valence-corrected chi connectivity index (χ3v) is 3.43. The third-order valence-electron chi connectivity index (χ3n) is 1.63. The molecule has 0 fully saturated rings. The first-order chi connectivity index (χ1) is 6.13. The van der Waals surface area contributed by atoms with Gasteiger partial charge in [0.2, 0.25) is 0 Å². The molecule has 0 radical (unpaired) electrons. The maximum absolute atomic E-state index is 5.47. The fraction of sp³-hybridized carbons (Fsp3) is 0.333. The van der Waals surface area contributed by atoms with Gasteiger partial charge >= 0.3 is 0 Å². The van der Waals surface area contributed by atoms with Crippen molar-refractivity contribution in [3.8, 4) is 0 Å². The normalized spacial score (nSPS) is 12.6. The quantitative estimate of drug-likeness (QED) is 0.390. The smallest absolute Gasteiger partial charge is 0.0656 e. The van der Waals surface area contributed by atoms with Crippen molar-refractivity contribution in [1.82, 2.24) is 5.43 Å². The summed E-state index contributed by atoms with van der Waals surface area (Å²) in [5, 5.41) is 2.13. The van der Waals surface area contributed by atoms with E-state index in [-0.39, 0.29) is 6.04 Å². The molecule has 2 nitrogen and oxygen atoms in total. The predicted octanol–water partition coefficient (Wildman–Crippen LogP) is 2.82. The van der Waals surface area contributed by atoms with Gasteiger partial charge in [-0.05, 0) is 53.4 Å². The van der Waals surface area contributed by atoms with Crippen LogP contribution in [0.1, 0.15) is 25.5 Å². The van der Waals surface area contributed by atoms with Gasteiger partial charge in [-0.15, -0.1) is 11.3 Å². The largest absolute Gasteiger partial charge is 0.271 e. The molecule has 0 saturated carbocycles. The molecular weight excluding hydrogens is 295 g/mol. The van der Waals surface area contributed by atoms with Gasteiger partial charge in [0.15, 0.2) is 0 Å². The van der Waals surface area contributed by atoms with Crippen LogP contribution in [0.4, 0.5) is 0 Å². The summed E-state index contributed by atoms with van der Waals surface area (Å²) in [5.74, 6) is 5.47. The molecule has 1 unspecified atom stereocenters. The first-order valence-electron chi connectivity index (χ1n) is 3.98. The van der Waals surface area contributed by atoms with Gasteiger partial charge in [-0.25, -0.2) is 5.43 Å². The van der Waals surface area contributed by atoms with E-state index < -0.39 is 0 Å². The molecule has 0 aliphatic heterocycles. The standard InChI is InChI=1S/C9H13IN2S/c1-6(2)3-8(12-11)7-4-9(10)13-5-7/h3-5,8,12H,11H2,1-2H3. The van der Waals surface area contributed by atoms with Gasteiger partial charge < -0.3 is 0 Å². The van der Waals surface area contributed by atoms with Gasteiger partial charge in [0.05, 0.1) is 8.93 Å². The number of allylic oxidation sites excluding steroid dienone is 1. The van der Waals surface area contributed by atoms with Gasteiger partial charge in [-0.3, -0.25) is 5.84 Å². The minimum atomic E-state index is 0.143. The van der Waals surface area contributed by atoms with Crippen molar-refractivity contribution in [2.75, 3.05) is 0 Å². The van der Waals surface area contributed by atoms with Gasteiger partial charge in [-0.2, -0.15) is 0 Å². The molecule has 13 heavy (non-hydrogen) atoms. The molecule has 4 heteroatoms. The van der Waals surface area contributed by atoms with Crippen molar-refractivity contribution in [3.05, 3.63) is 31.5 Å². The van der Waals surface area contributed by atoms with Crippen LogP contribution in [0.3, 0.4) is 0 Å². The summed E-state index contributed by atoms with van der Waals surface area (Å²) in [6, 6.07) is 2.29. The highest BCUT2D eigenvalue weighted by molar-refractivity contribution is 14.1. The molecule has 0 aliphatic carbocycles. The topological polar surface area (TPSA) is 38.0 Å². The maximum Gasteiger partial charge on any atom is 0.0656 e. The molecule has 72 valence electrons. The van der Waals surface area contributed by atoms with Crippen molar-refractivity contribution in [1.29, 1.82) is 0 Å². The number of thiophene rings is 1. The van der Waals surface area contributed by atoms with Gasteiger partial charge in [0.1, 0.15) is 0 Å². The summed E-state index contributed by atoms with van der Waals surface area (Å²) >= 11 is 4.05. The zero-order valence-corrected chi connectivity index (χ0v) is 10.6. The molecule has 0 aromatic carbocycles. The number of halogens is 1. The average Bonchev–Trinajstić information content (AvgIpc) is 2.47. The molecule has 1 aromatic rings. The van der Waals surface area contributed by atoms with E-state index in [1.807, 2.05) is 0 Å². The second-order valence-corrected chi connectivity index (χ2v) is 5.88. The number of nitrogens with two attached hydrogens (primary N) is 1. The van der Waals surface area contributed by atoms with E-state index in [2.05, 4.69) is 59.4 Å². The lowest BCUT2D eigenvalue weighted by Crippen LogP contribution is -2.26. The number of hydrogen-bond donors (Lipinski definition) is 2. The predicted molar refractivity (Wildman–Crippen MR) is 66.5 cm³/mol. The van der Waals surface area contributed by atoms with Crippen LogP contribution in [0, 0.1) is 2.88 Å². The first-order valence-corrected chi connectivity index (χ1v) is 5.94. The van der Waals surface area contributed by atoms with Crippen LogP contribution >= 0.6 is 33.9 Å². The van der Waals surface area contributed by atoms with E-state index in [0.717, 1.165) is 0 Å². The molecule has 1 atom stereocenters. The van der Waals surface area contributed by atoms with Crippen molar-refractivity contribution < 1.29 is 0 Å². The lowest BCUT2D eigenvalue weighted by atomic mass is 10.1. The van der Waals surface area contributed by atoms with E-state index in [0.29, 0.717) is 0 Å². The van der Waals surface area contributed by atoms with E-state index in [1.165, 1.54) is 14.0 Å². The lowest BCUT2D eigenvalue weighted by molar-refractivity contribution is 0.653. The monoisotopic (exact) mass is 308 g/mol. The number of hydrogen-bond acceptors (Lipinski definition) is 3. The average molecular weight is 308 g/mol. The van der Waals surface area contributed by atoms with E-state index in [1.54, 1.807) is 11.3 Å². The van der Waals surface area contributed by atoms with Crippen LogP contribution in [0.15, 0.2) is 23.1 Å². The van der Waals surface area contributed by atoms with Crippen LogP contribution in [-0.4, -0.2) is 0 Å². The molecule has 3 N–H and O–H groups in total. The highest BCUT2D eigenvalue weighted by Gasteiger charge is 2.07. The summed E-state index contributed by atoms with van der Waals surface area (Å²) in [7, 11) is 0. The molecule has 1 rings (SSSR count). The van der Waals surface area contributed by atoms with E-state index >= 15 is 0 Å². The fourth-order valence-corrected chi connectivity index (χ4v) is 2.47. The molecule has 0 spiro atoms. The zero-order valence-electron chi connectivity index (χ0n) is 7.67. The Kier molecular flexibility index (Phi) is 4.37. The summed E-state index contributed by atoms with van der Waals surface area (Å²) < 4.78 is 1.29. The van der Waals surface area contributed by atoms with Crippen molar-refractivity contribution in [2.45, 2.75) is 19.9 Å². The second kappa shape index (κ2) is 5.09. The highest BCUT2D eigenvalue weighted by Crippen LogP contribution is 2.23. The van der Waals surface area contributed by atoms with Gasteiger partial charge in [0, 0.05) is 0 Å². The lowest BCUT2D eigenvalue weighted by Gasteiger charge is -2.09. The van der Waals surface area contributed by atoms with Gasteiger partial charge in [0.25, 0.3) is 0 Å². The van der Waals surface area contributed by atoms with Crippen LogP contribution in [0.5, 0.6) is 0 Å². The Labute approximate surface area is 96.3 Å². The maximum atomic E-state index is 5.47. The van der Waals surface area contributed by atoms with Gasteiger partial charge in [-0.1, -0.05) is 11.6 Å². The van der Waals surface area contributed by atoms with Crippen LogP contribution < -0.4 is 11.3 Å². The van der Waals surface area contributed by atoms with Crippen LogP contribution in [0.2, 0.25) is 0 Å². The van der Waals surface area contributed by atoms with E-state index in [9.17, 15) is 0 Å². The van der Waals surface area contributed by atoms with E-state index in [4.69, 9.17) is 5.84 Å². The number of nitrogens with one attached hydrogen (secondary N) is 1. The minimum absolute atomic E-state index is 0.143. The molecule has 1 heterocycles. The highest BCUT2D eigenvalue weighted by atomic mass is 127. The van der Waals surface area contributed by atoms with Crippen LogP contribution in [0.25, 0.3) is 0 Å². The summed E-state index contributed by atoms with van der Waals surface area (Å²) in [6.07, 6.45) is 2.12. The first kappa shape index (κ1) is 11.2. The third kappa shape index (κ3) is 3.38. The zero-order chi connectivity index (χ0) is 9.84. The van der Waals surface area contributed by atoms with Crippen molar-refractivity contribution in [2.24, 2.45) is 5.84 Å². The Balaban J connectivity index is 2.84. The minimum Gasteiger partial charge on any atom is -0.271 e. The fourth-order valence-electron chi connectivity index (χ4n) is 1.06. The summed E-state index contributed by atoms with van der Waals surface area (Å²) in [4.78, 5) is 0. The molecule has 0 aliphatic rings. The molecule has 0 saturated heterocycles. The number of hydrazine groups is 1. The van der Waals surface area contributed by atoms with Crippen molar-refractivity contribution in [3.63, 3.8) is 0 Å². The number of rotatable bonds is 3. The Bertz CT molecular complexity index is 302. The molecule has 0 bridgehead atoms. The second-order valence-electron chi connectivity index (χ2n) is 3.07. The summed E-state index contributed by atoms with van der Waals surface area (Å²) in [5.41, 5.74) is 5.29. The Hall–Kier alpha value is 0.0900. The Morgan fingerprint density at radius 1 is 1.69 bits per heavy atom.